The van der Waals surface area contributed by atoms with E-state index in [9.17, 15) is 4.79 Å². The smallest absolute Gasteiger partial charge is 0.338 e. The molecule has 7 heteroatoms. The van der Waals surface area contributed by atoms with Crippen molar-refractivity contribution >= 4 is 23.3 Å². The lowest BCUT2D eigenvalue weighted by molar-refractivity contribution is -0.143. The molecule has 0 saturated carbocycles. The van der Waals surface area contributed by atoms with Crippen molar-refractivity contribution in [2.75, 3.05) is 14.2 Å². The average Bonchev–Trinajstić information content (AvgIpc) is 2.52. The highest BCUT2D eigenvalue weighted by Crippen LogP contribution is 2.35. The Balaban J connectivity index is 2.51. The first-order valence-electron chi connectivity index (χ1n) is 7.58. The number of thiocarbonyl (C=S) groups is 1. The van der Waals surface area contributed by atoms with Gasteiger partial charge in [0.2, 0.25) is 0 Å². The summed E-state index contributed by atoms with van der Waals surface area (Å²) in [5.74, 6) is 0.867. The van der Waals surface area contributed by atoms with Crippen LogP contribution >= 0.6 is 12.2 Å². The molecule has 0 saturated heterocycles. The molecule has 2 N–H and O–H groups in total. The summed E-state index contributed by atoms with van der Waals surface area (Å²) in [4.78, 5) is 12.6. The summed E-state index contributed by atoms with van der Waals surface area (Å²) in [6, 6.07) is 4.96. The standard InChI is InChI=1S/C17H22N2O4S/c1-9(2)23-16(20)14-10(3)18-17(24)19-15(14)12-7-6-11(21-4)8-13(12)22-5/h6-9,15H,1-5H3,(H2,18,19,24)/t15-/m0/s1. The van der Waals surface area contributed by atoms with E-state index in [1.807, 2.05) is 26.0 Å². The first kappa shape index (κ1) is 18.1. The summed E-state index contributed by atoms with van der Waals surface area (Å²) >= 11 is 5.24. The molecule has 0 spiro atoms. The van der Waals surface area contributed by atoms with Crippen molar-refractivity contribution in [2.45, 2.75) is 32.9 Å². The zero-order chi connectivity index (χ0) is 17.9. The summed E-state index contributed by atoms with van der Waals surface area (Å²) < 4.78 is 16.1. The van der Waals surface area contributed by atoms with Gasteiger partial charge in [0, 0.05) is 17.3 Å². The molecule has 1 heterocycles. The van der Waals surface area contributed by atoms with Crippen molar-refractivity contribution in [3.8, 4) is 11.5 Å². The number of esters is 1. The van der Waals surface area contributed by atoms with E-state index in [2.05, 4.69) is 10.6 Å². The van der Waals surface area contributed by atoms with Crippen LogP contribution in [0.1, 0.15) is 32.4 Å². The lowest BCUT2D eigenvalue weighted by atomic mass is 9.94. The van der Waals surface area contributed by atoms with Crippen LogP contribution in [0.4, 0.5) is 0 Å². The van der Waals surface area contributed by atoms with Crippen LogP contribution in [0, 0.1) is 0 Å². The molecule has 1 aromatic carbocycles. The molecule has 0 bridgehead atoms. The number of allylic oxidation sites excluding steroid dienone is 1. The maximum Gasteiger partial charge on any atom is 0.338 e. The van der Waals surface area contributed by atoms with Gasteiger partial charge in [0.1, 0.15) is 11.5 Å². The van der Waals surface area contributed by atoms with Gasteiger partial charge >= 0.3 is 5.97 Å². The van der Waals surface area contributed by atoms with Crippen LogP contribution in [0.2, 0.25) is 0 Å². The molecule has 1 aromatic rings. The lowest BCUT2D eigenvalue weighted by Gasteiger charge is -2.31. The second-order valence-electron chi connectivity index (χ2n) is 5.63. The normalized spacial score (nSPS) is 17.2. The van der Waals surface area contributed by atoms with Gasteiger partial charge in [0.25, 0.3) is 0 Å². The van der Waals surface area contributed by atoms with E-state index in [1.165, 1.54) is 0 Å². The number of rotatable bonds is 5. The minimum atomic E-state index is -0.467. The molecule has 0 fully saturated rings. The molecular formula is C17H22N2O4S. The zero-order valence-corrected chi connectivity index (χ0v) is 15.2. The van der Waals surface area contributed by atoms with Crippen molar-refractivity contribution in [2.24, 2.45) is 0 Å². The SMILES string of the molecule is COc1ccc([C@@H]2NC(=S)NC(C)=C2C(=O)OC(C)C)c(OC)c1. The Morgan fingerprint density at radius 3 is 2.54 bits per heavy atom. The van der Waals surface area contributed by atoms with Crippen LogP contribution in [0.15, 0.2) is 29.5 Å². The quantitative estimate of drug-likeness (QED) is 0.624. The van der Waals surface area contributed by atoms with Crippen molar-refractivity contribution in [3.63, 3.8) is 0 Å². The van der Waals surface area contributed by atoms with Gasteiger partial charge in [-0.3, -0.25) is 0 Å². The molecule has 1 aliphatic rings. The number of nitrogens with one attached hydrogen (secondary N) is 2. The Bertz CT molecular complexity index is 685. The molecule has 2 rings (SSSR count). The Morgan fingerprint density at radius 1 is 1.25 bits per heavy atom. The molecule has 0 unspecified atom stereocenters. The Hall–Kier alpha value is -2.28. The molecule has 1 atom stereocenters. The fourth-order valence-electron chi connectivity index (χ4n) is 2.53. The number of benzene rings is 1. The predicted octanol–water partition coefficient (Wildman–Crippen LogP) is 2.45. The largest absolute Gasteiger partial charge is 0.497 e. The minimum absolute atomic E-state index is 0.218. The first-order valence-corrected chi connectivity index (χ1v) is 7.99. The molecule has 130 valence electrons. The Morgan fingerprint density at radius 2 is 1.96 bits per heavy atom. The predicted molar refractivity (Wildman–Crippen MR) is 95.1 cm³/mol. The van der Waals surface area contributed by atoms with Gasteiger partial charge in [0.05, 0.1) is 31.9 Å². The van der Waals surface area contributed by atoms with E-state index >= 15 is 0 Å². The van der Waals surface area contributed by atoms with Crippen LogP contribution < -0.4 is 20.1 Å². The van der Waals surface area contributed by atoms with Gasteiger partial charge in [-0.15, -0.1) is 0 Å². The highest BCUT2D eigenvalue weighted by atomic mass is 32.1. The molecular weight excluding hydrogens is 328 g/mol. The molecule has 1 aliphatic heterocycles. The van der Waals surface area contributed by atoms with Gasteiger partial charge in [-0.05, 0) is 45.1 Å². The van der Waals surface area contributed by atoms with Crippen LogP contribution in [0.3, 0.4) is 0 Å². The fourth-order valence-corrected chi connectivity index (χ4v) is 2.80. The van der Waals surface area contributed by atoms with E-state index in [1.54, 1.807) is 27.2 Å². The third-order valence-electron chi connectivity index (χ3n) is 3.58. The van der Waals surface area contributed by atoms with Gasteiger partial charge < -0.3 is 24.8 Å². The summed E-state index contributed by atoms with van der Waals surface area (Å²) in [5.41, 5.74) is 1.91. The Labute approximate surface area is 147 Å². The van der Waals surface area contributed by atoms with E-state index in [4.69, 9.17) is 26.4 Å². The number of carbonyl (C=O) groups excluding carboxylic acids is 1. The zero-order valence-electron chi connectivity index (χ0n) is 14.4. The van der Waals surface area contributed by atoms with Gasteiger partial charge in [-0.1, -0.05) is 0 Å². The number of ether oxygens (including phenoxy) is 3. The van der Waals surface area contributed by atoms with Gasteiger partial charge in [-0.2, -0.15) is 0 Å². The summed E-state index contributed by atoms with van der Waals surface area (Å²) in [5, 5.41) is 6.54. The van der Waals surface area contributed by atoms with Crippen LogP contribution in [0.5, 0.6) is 11.5 Å². The molecule has 0 aliphatic carbocycles. The number of hydrogen-bond acceptors (Lipinski definition) is 5. The topological polar surface area (TPSA) is 68.8 Å². The summed E-state index contributed by atoms with van der Waals surface area (Å²) in [6.45, 7) is 5.42. The van der Waals surface area contributed by atoms with E-state index in [-0.39, 0.29) is 6.10 Å². The van der Waals surface area contributed by atoms with Crippen molar-refractivity contribution in [1.82, 2.24) is 10.6 Å². The molecule has 0 radical (unpaired) electrons. The van der Waals surface area contributed by atoms with E-state index in [0.29, 0.717) is 27.9 Å². The van der Waals surface area contributed by atoms with E-state index in [0.717, 1.165) is 5.56 Å². The first-order chi connectivity index (χ1) is 11.4. The molecule has 0 aromatic heterocycles. The second kappa shape index (κ2) is 7.53. The van der Waals surface area contributed by atoms with Gasteiger partial charge in [0.15, 0.2) is 5.11 Å². The van der Waals surface area contributed by atoms with Crippen LogP contribution in [-0.4, -0.2) is 31.4 Å². The van der Waals surface area contributed by atoms with Crippen LogP contribution in [-0.2, 0) is 9.53 Å². The Kier molecular flexibility index (Phi) is 5.66. The number of hydrogen-bond donors (Lipinski definition) is 2. The third kappa shape index (κ3) is 3.79. The minimum Gasteiger partial charge on any atom is -0.497 e. The van der Waals surface area contributed by atoms with Gasteiger partial charge in [-0.25, -0.2) is 4.79 Å². The monoisotopic (exact) mass is 350 g/mol. The fraction of sp³-hybridized carbons (Fsp3) is 0.412. The van der Waals surface area contributed by atoms with E-state index < -0.39 is 12.0 Å². The number of carbonyl (C=O) groups is 1. The van der Waals surface area contributed by atoms with Crippen molar-refractivity contribution in [1.29, 1.82) is 0 Å². The number of methoxy groups -OCH3 is 2. The lowest BCUT2D eigenvalue weighted by Crippen LogP contribution is -2.45. The van der Waals surface area contributed by atoms with Crippen molar-refractivity contribution in [3.05, 3.63) is 35.0 Å². The summed E-state index contributed by atoms with van der Waals surface area (Å²) in [6.07, 6.45) is -0.218. The maximum absolute atomic E-state index is 12.6. The highest BCUT2D eigenvalue weighted by molar-refractivity contribution is 7.80. The maximum atomic E-state index is 12.6. The van der Waals surface area contributed by atoms with Crippen molar-refractivity contribution < 1.29 is 19.0 Å². The molecule has 6 nitrogen and oxygen atoms in total. The molecule has 0 amide bonds. The molecule has 24 heavy (non-hydrogen) atoms. The highest BCUT2D eigenvalue weighted by Gasteiger charge is 2.33. The summed E-state index contributed by atoms with van der Waals surface area (Å²) in [7, 11) is 3.15. The third-order valence-corrected chi connectivity index (χ3v) is 3.80. The average molecular weight is 350 g/mol. The van der Waals surface area contributed by atoms with Crippen LogP contribution in [0.25, 0.3) is 0 Å². The second-order valence-corrected chi connectivity index (χ2v) is 6.04.